The molecule has 0 fully saturated rings. The maximum absolute atomic E-state index is 12.4. The lowest BCUT2D eigenvalue weighted by atomic mass is 9.86. The number of Topliss-reactive ketones (excluding diaryl/α,β-unsaturated/α-hetero) is 1. The van der Waals surface area contributed by atoms with Gasteiger partial charge in [-0.1, -0.05) is 29.5 Å². The Bertz CT molecular complexity index is 553. The highest BCUT2D eigenvalue weighted by atomic mass is 127. The number of hydrogen-bond acceptors (Lipinski definition) is 4. The molecular weight excluding hydrogens is 383 g/mol. The lowest BCUT2D eigenvalue weighted by Crippen LogP contribution is -2.25. The van der Waals surface area contributed by atoms with Crippen LogP contribution in [0.1, 0.15) is 25.0 Å². The molecule has 21 heavy (non-hydrogen) atoms. The second-order valence-corrected chi connectivity index (χ2v) is 5.45. The number of carbonyl (C=O) groups excluding carboxylic acids is 1. The number of ether oxygens (including phenoxy) is 3. The molecule has 0 saturated carbocycles. The van der Waals surface area contributed by atoms with E-state index in [2.05, 4.69) is 22.6 Å². The lowest BCUT2D eigenvalue weighted by Gasteiger charge is -2.24. The first-order valence-electron chi connectivity index (χ1n) is 6.81. The number of ketones is 1. The van der Waals surface area contributed by atoms with E-state index < -0.39 is 0 Å². The van der Waals surface area contributed by atoms with E-state index >= 15 is 0 Å². The van der Waals surface area contributed by atoms with Crippen LogP contribution in [0.2, 0.25) is 0 Å². The van der Waals surface area contributed by atoms with Crippen LogP contribution in [0.25, 0.3) is 0 Å². The molecule has 1 aromatic carbocycles. The summed E-state index contributed by atoms with van der Waals surface area (Å²) in [5.41, 5.74) is 1.81. The van der Waals surface area contributed by atoms with Crippen molar-refractivity contribution >= 4 is 28.4 Å². The van der Waals surface area contributed by atoms with E-state index in [1.165, 1.54) is 0 Å². The molecule has 1 aromatic rings. The first kappa shape index (κ1) is 16.3. The van der Waals surface area contributed by atoms with Gasteiger partial charge in [0.05, 0.1) is 19.1 Å². The van der Waals surface area contributed by atoms with Crippen LogP contribution in [0.15, 0.2) is 27.9 Å². The van der Waals surface area contributed by atoms with Gasteiger partial charge < -0.3 is 14.2 Å². The molecule has 0 bridgehead atoms. The van der Waals surface area contributed by atoms with E-state index in [4.69, 9.17) is 14.2 Å². The molecule has 0 amide bonds. The van der Waals surface area contributed by atoms with Crippen molar-refractivity contribution < 1.29 is 19.0 Å². The van der Waals surface area contributed by atoms with Crippen LogP contribution in [-0.2, 0) is 9.53 Å². The van der Waals surface area contributed by atoms with Gasteiger partial charge in [-0.2, -0.15) is 0 Å². The third-order valence-corrected chi connectivity index (χ3v) is 4.51. The van der Waals surface area contributed by atoms with Crippen LogP contribution in [0.4, 0.5) is 0 Å². The van der Waals surface area contributed by atoms with Gasteiger partial charge in [0, 0.05) is 19.1 Å². The average Bonchev–Trinajstić information content (AvgIpc) is 2.69. The summed E-state index contributed by atoms with van der Waals surface area (Å²) >= 11 is 2.15. The van der Waals surface area contributed by atoms with Gasteiger partial charge in [-0.3, -0.25) is 4.79 Å². The highest BCUT2D eigenvalue weighted by Gasteiger charge is 2.36. The molecule has 1 heterocycles. The van der Waals surface area contributed by atoms with Crippen LogP contribution in [0, 0.1) is 5.92 Å². The van der Waals surface area contributed by atoms with Crippen LogP contribution < -0.4 is 9.47 Å². The number of hydrogen-bond donors (Lipinski definition) is 0. The van der Waals surface area contributed by atoms with Crippen LogP contribution in [-0.4, -0.2) is 26.6 Å². The van der Waals surface area contributed by atoms with Crippen molar-refractivity contribution in [3.63, 3.8) is 0 Å². The monoisotopic (exact) mass is 402 g/mol. The molecule has 0 saturated heterocycles. The van der Waals surface area contributed by atoms with Crippen molar-refractivity contribution in [1.82, 2.24) is 0 Å². The highest BCUT2D eigenvalue weighted by Crippen LogP contribution is 2.42. The number of carbonyl (C=O) groups is 1. The molecule has 0 spiro atoms. The molecule has 0 N–H and O–H groups in total. The molecule has 0 aromatic heterocycles. The van der Waals surface area contributed by atoms with Gasteiger partial charge >= 0.3 is 0 Å². The number of rotatable bonds is 4. The fraction of sp³-hybridized carbons (Fsp3) is 0.438. The third-order valence-electron chi connectivity index (χ3n) is 3.71. The maximum Gasteiger partial charge on any atom is 0.142 e. The van der Waals surface area contributed by atoms with E-state index in [-0.39, 0.29) is 17.8 Å². The summed E-state index contributed by atoms with van der Waals surface area (Å²) in [6.45, 7) is 2.27. The zero-order valence-corrected chi connectivity index (χ0v) is 14.5. The maximum atomic E-state index is 12.4. The molecule has 0 radical (unpaired) electrons. The molecule has 1 aliphatic rings. The molecule has 114 valence electrons. The molecular formula is C16H19IO4. The quantitative estimate of drug-likeness (QED) is 0.721. The zero-order chi connectivity index (χ0) is 15.4. The van der Waals surface area contributed by atoms with E-state index in [0.29, 0.717) is 13.0 Å². The number of benzene rings is 1. The summed E-state index contributed by atoms with van der Waals surface area (Å²) in [6.07, 6.45) is 0.115. The van der Waals surface area contributed by atoms with Gasteiger partial charge in [-0.05, 0) is 27.9 Å². The molecule has 2 unspecified atom stereocenters. The van der Waals surface area contributed by atoms with E-state index in [1.807, 2.05) is 29.2 Å². The van der Waals surface area contributed by atoms with Crippen LogP contribution >= 0.6 is 22.6 Å². The summed E-state index contributed by atoms with van der Waals surface area (Å²) in [6, 6.07) is 5.60. The van der Waals surface area contributed by atoms with Crippen LogP contribution in [0.3, 0.4) is 0 Å². The summed E-state index contributed by atoms with van der Waals surface area (Å²) in [5.74, 6) is 1.31. The van der Waals surface area contributed by atoms with Crippen molar-refractivity contribution in [3.05, 3.63) is 33.4 Å². The SMILES string of the molecule is CCC(=O)C1/C(=C/I)COc2ccc(OC)cc2C1OC. The molecule has 5 heteroatoms. The average molecular weight is 402 g/mol. The number of fused-ring (bicyclic) bond motifs is 1. The second-order valence-electron chi connectivity index (χ2n) is 4.83. The van der Waals surface area contributed by atoms with Gasteiger partial charge in [0.1, 0.15) is 23.9 Å². The summed E-state index contributed by atoms with van der Waals surface area (Å²) in [4.78, 5) is 12.4. The van der Waals surface area contributed by atoms with Gasteiger partial charge in [-0.15, -0.1) is 0 Å². The normalized spacial score (nSPS) is 23.1. The lowest BCUT2D eigenvalue weighted by molar-refractivity contribution is -0.125. The van der Waals surface area contributed by atoms with Crippen molar-refractivity contribution in [1.29, 1.82) is 0 Å². The minimum absolute atomic E-state index is 0.157. The smallest absolute Gasteiger partial charge is 0.142 e. The Morgan fingerprint density at radius 3 is 2.81 bits per heavy atom. The fourth-order valence-electron chi connectivity index (χ4n) is 2.59. The van der Waals surface area contributed by atoms with E-state index in [1.54, 1.807) is 14.2 Å². The largest absolute Gasteiger partial charge is 0.497 e. The molecule has 1 aliphatic heterocycles. The van der Waals surface area contributed by atoms with E-state index in [0.717, 1.165) is 22.6 Å². The minimum atomic E-state index is -0.355. The molecule has 2 rings (SSSR count). The molecule has 2 atom stereocenters. The van der Waals surface area contributed by atoms with Gasteiger partial charge in [0.15, 0.2) is 0 Å². The van der Waals surface area contributed by atoms with Crippen molar-refractivity contribution in [2.45, 2.75) is 19.4 Å². The van der Waals surface area contributed by atoms with Gasteiger partial charge in [0.2, 0.25) is 0 Å². The summed E-state index contributed by atoms with van der Waals surface area (Å²) < 4.78 is 18.7. The third kappa shape index (κ3) is 3.23. The Morgan fingerprint density at radius 1 is 1.48 bits per heavy atom. The Morgan fingerprint density at radius 2 is 2.24 bits per heavy atom. The van der Waals surface area contributed by atoms with Crippen molar-refractivity contribution in [3.8, 4) is 11.5 Å². The summed E-state index contributed by atoms with van der Waals surface area (Å²) in [7, 11) is 3.24. The van der Waals surface area contributed by atoms with Crippen LogP contribution in [0.5, 0.6) is 11.5 Å². The second kappa shape index (κ2) is 7.26. The standard InChI is InChI=1S/C16H19IO4/c1-4-13(18)15-10(8-17)9-21-14-6-5-11(19-2)7-12(14)16(15)20-3/h5-8,15-16H,4,9H2,1-3H3/b10-8+. The van der Waals surface area contributed by atoms with Crippen molar-refractivity contribution in [2.75, 3.05) is 20.8 Å². The van der Waals surface area contributed by atoms with Gasteiger partial charge in [0.25, 0.3) is 0 Å². The predicted molar refractivity (Wildman–Crippen MR) is 89.1 cm³/mol. The Balaban J connectivity index is 2.55. The first-order chi connectivity index (χ1) is 10.2. The predicted octanol–water partition coefficient (Wildman–Crippen LogP) is 3.69. The van der Waals surface area contributed by atoms with Gasteiger partial charge in [-0.25, -0.2) is 0 Å². The first-order valence-corrected chi connectivity index (χ1v) is 8.06. The summed E-state index contributed by atoms with van der Waals surface area (Å²) in [5, 5.41) is 0. The Hall–Kier alpha value is -1.08. The molecule has 0 aliphatic carbocycles. The van der Waals surface area contributed by atoms with E-state index in [9.17, 15) is 4.79 Å². The highest BCUT2D eigenvalue weighted by molar-refractivity contribution is 14.1. The molecule has 4 nitrogen and oxygen atoms in total. The Kier molecular flexibility index (Phi) is 5.64. The zero-order valence-electron chi connectivity index (χ0n) is 12.4. The Labute approximate surface area is 138 Å². The number of methoxy groups -OCH3 is 2. The fourth-order valence-corrected chi connectivity index (χ4v) is 3.16. The topological polar surface area (TPSA) is 44.8 Å². The number of halogens is 1. The van der Waals surface area contributed by atoms with Crippen molar-refractivity contribution in [2.24, 2.45) is 5.92 Å². The minimum Gasteiger partial charge on any atom is -0.497 e.